The Morgan fingerprint density at radius 3 is 2.55 bits per heavy atom. The van der Waals surface area contributed by atoms with Crippen LogP contribution in [0.3, 0.4) is 0 Å². The van der Waals surface area contributed by atoms with E-state index in [9.17, 15) is 10.2 Å². The number of allylic oxidation sites excluding steroid dienone is 1. The largest absolute Gasteiger partial charge is 0.508 e. The van der Waals surface area contributed by atoms with Crippen molar-refractivity contribution in [1.82, 2.24) is 0 Å². The SMILES string of the molecule is C/C=C/c1ccc2c(c1)OC(c1ccc(O)cc1O)C(C)O2. The number of aromatic hydroxyl groups is 2. The quantitative estimate of drug-likeness (QED) is 0.878. The molecule has 22 heavy (non-hydrogen) atoms. The van der Waals surface area contributed by atoms with E-state index in [-0.39, 0.29) is 17.6 Å². The van der Waals surface area contributed by atoms with E-state index in [2.05, 4.69) is 0 Å². The Kier molecular flexibility index (Phi) is 3.67. The lowest BCUT2D eigenvalue weighted by Gasteiger charge is -2.32. The first kappa shape index (κ1) is 14.3. The van der Waals surface area contributed by atoms with Crippen LogP contribution in [0.5, 0.6) is 23.0 Å². The van der Waals surface area contributed by atoms with E-state index in [1.54, 1.807) is 6.07 Å². The van der Waals surface area contributed by atoms with E-state index in [4.69, 9.17) is 9.47 Å². The first-order chi connectivity index (χ1) is 10.6. The van der Waals surface area contributed by atoms with Gasteiger partial charge < -0.3 is 19.7 Å². The maximum atomic E-state index is 10.0. The van der Waals surface area contributed by atoms with Gasteiger partial charge in [-0.25, -0.2) is 0 Å². The Labute approximate surface area is 129 Å². The number of fused-ring (bicyclic) bond motifs is 1. The number of hydrogen-bond acceptors (Lipinski definition) is 4. The van der Waals surface area contributed by atoms with Crippen LogP contribution in [0.2, 0.25) is 0 Å². The zero-order valence-corrected chi connectivity index (χ0v) is 12.5. The molecule has 1 aliphatic rings. The number of hydrogen-bond donors (Lipinski definition) is 2. The number of phenols is 2. The molecule has 0 amide bonds. The van der Waals surface area contributed by atoms with Crippen molar-refractivity contribution in [1.29, 1.82) is 0 Å². The molecule has 2 atom stereocenters. The molecule has 1 heterocycles. The molecule has 0 aliphatic carbocycles. The summed E-state index contributed by atoms with van der Waals surface area (Å²) in [4.78, 5) is 0. The van der Waals surface area contributed by atoms with Crippen molar-refractivity contribution >= 4 is 6.08 Å². The van der Waals surface area contributed by atoms with Gasteiger partial charge in [-0.3, -0.25) is 0 Å². The van der Waals surface area contributed by atoms with Crippen molar-refractivity contribution in [2.75, 3.05) is 0 Å². The third-order valence-corrected chi connectivity index (χ3v) is 3.64. The molecule has 2 aromatic rings. The molecule has 0 fully saturated rings. The van der Waals surface area contributed by atoms with Crippen LogP contribution < -0.4 is 9.47 Å². The maximum absolute atomic E-state index is 10.0. The lowest BCUT2D eigenvalue weighted by Crippen LogP contribution is -2.30. The van der Waals surface area contributed by atoms with Crippen molar-refractivity contribution in [3.63, 3.8) is 0 Å². The number of rotatable bonds is 2. The van der Waals surface area contributed by atoms with E-state index >= 15 is 0 Å². The summed E-state index contributed by atoms with van der Waals surface area (Å²) < 4.78 is 11.9. The minimum Gasteiger partial charge on any atom is -0.508 e. The van der Waals surface area contributed by atoms with Crippen LogP contribution in [0.4, 0.5) is 0 Å². The van der Waals surface area contributed by atoms with Gasteiger partial charge in [-0.2, -0.15) is 0 Å². The Balaban J connectivity index is 1.97. The van der Waals surface area contributed by atoms with E-state index in [1.165, 1.54) is 12.1 Å². The molecular formula is C18H18O4. The fourth-order valence-electron chi connectivity index (χ4n) is 2.59. The molecule has 0 bridgehead atoms. The van der Waals surface area contributed by atoms with Gasteiger partial charge in [0.1, 0.15) is 17.6 Å². The average Bonchev–Trinajstić information content (AvgIpc) is 2.48. The Bertz CT molecular complexity index is 721. The molecule has 4 nitrogen and oxygen atoms in total. The average molecular weight is 298 g/mol. The zero-order valence-electron chi connectivity index (χ0n) is 12.5. The lowest BCUT2D eigenvalue weighted by atomic mass is 10.0. The lowest BCUT2D eigenvalue weighted by molar-refractivity contribution is 0.0293. The van der Waals surface area contributed by atoms with Gasteiger partial charge in [0, 0.05) is 11.6 Å². The van der Waals surface area contributed by atoms with Gasteiger partial charge in [-0.1, -0.05) is 18.2 Å². The van der Waals surface area contributed by atoms with Crippen LogP contribution >= 0.6 is 0 Å². The molecule has 2 unspecified atom stereocenters. The van der Waals surface area contributed by atoms with Crippen molar-refractivity contribution in [3.05, 3.63) is 53.6 Å². The molecule has 2 N–H and O–H groups in total. The van der Waals surface area contributed by atoms with Gasteiger partial charge in [0.2, 0.25) is 0 Å². The normalized spacial score (nSPS) is 20.3. The number of benzene rings is 2. The van der Waals surface area contributed by atoms with E-state index < -0.39 is 6.10 Å². The summed E-state index contributed by atoms with van der Waals surface area (Å²) in [7, 11) is 0. The molecule has 0 saturated carbocycles. The summed E-state index contributed by atoms with van der Waals surface area (Å²) in [5, 5.41) is 19.5. The van der Waals surface area contributed by atoms with Crippen LogP contribution in [0.1, 0.15) is 31.1 Å². The van der Waals surface area contributed by atoms with E-state index in [0.29, 0.717) is 17.1 Å². The molecule has 114 valence electrons. The Hall–Kier alpha value is -2.62. The van der Waals surface area contributed by atoms with Crippen LogP contribution in [-0.2, 0) is 0 Å². The highest BCUT2D eigenvalue weighted by atomic mass is 16.6. The second-order valence-electron chi connectivity index (χ2n) is 5.31. The highest BCUT2D eigenvalue weighted by molar-refractivity contribution is 5.56. The van der Waals surface area contributed by atoms with Crippen molar-refractivity contribution < 1.29 is 19.7 Å². The third-order valence-electron chi connectivity index (χ3n) is 3.64. The fourth-order valence-corrected chi connectivity index (χ4v) is 2.59. The Morgan fingerprint density at radius 1 is 1.00 bits per heavy atom. The highest BCUT2D eigenvalue weighted by Gasteiger charge is 2.31. The van der Waals surface area contributed by atoms with Gasteiger partial charge in [-0.15, -0.1) is 0 Å². The first-order valence-corrected chi connectivity index (χ1v) is 7.20. The third kappa shape index (κ3) is 2.60. The van der Waals surface area contributed by atoms with Gasteiger partial charge in [0.15, 0.2) is 17.6 Å². The van der Waals surface area contributed by atoms with Gasteiger partial charge in [-0.05, 0) is 43.7 Å². The van der Waals surface area contributed by atoms with Gasteiger partial charge in [0.05, 0.1) is 0 Å². The summed E-state index contributed by atoms with van der Waals surface area (Å²) in [6.45, 7) is 3.84. The van der Waals surface area contributed by atoms with E-state index in [0.717, 1.165) is 5.56 Å². The first-order valence-electron chi connectivity index (χ1n) is 7.20. The molecule has 4 heteroatoms. The number of phenolic OH excluding ortho intramolecular Hbond substituents is 2. The molecule has 0 saturated heterocycles. The minimum atomic E-state index is -0.436. The summed E-state index contributed by atoms with van der Waals surface area (Å²) in [6.07, 6.45) is 3.25. The summed E-state index contributed by atoms with van der Waals surface area (Å²) >= 11 is 0. The van der Waals surface area contributed by atoms with Crippen molar-refractivity contribution in [3.8, 4) is 23.0 Å². The van der Waals surface area contributed by atoms with Crippen LogP contribution in [-0.4, -0.2) is 16.3 Å². The summed E-state index contributed by atoms with van der Waals surface area (Å²) in [6, 6.07) is 10.2. The molecule has 3 rings (SSSR count). The molecule has 1 aliphatic heterocycles. The second kappa shape index (κ2) is 5.64. The molecule has 0 spiro atoms. The molecule has 2 aromatic carbocycles. The van der Waals surface area contributed by atoms with Crippen LogP contribution in [0, 0.1) is 0 Å². The topological polar surface area (TPSA) is 58.9 Å². The highest BCUT2D eigenvalue weighted by Crippen LogP contribution is 2.42. The Morgan fingerprint density at radius 2 is 1.82 bits per heavy atom. The predicted octanol–water partition coefficient (Wildman–Crippen LogP) is 4.03. The van der Waals surface area contributed by atoms with E-state index in [1.807, 2.05) is 44.2 Å². The smallest absolute Gasteiger partial charge is 0.164 e. The van der Waals surface area contributed by atoms with Crippen LogP contribution in [0.25, 0.3) is 6.08 Å². The maximum Gasteiger partial charge on any atom is 0.164 e. The van der Waals surface area contributed by atoms with Gasteiger partial charge in [0.25, 0.3) is 0 Å². The molecule has 0 aromatic heterocycles. The van der Waals surface area contributed by atoms with Crippen LogP contribution in [0.15, 0.2) is 42.5 Å². The molecule has 0 radical (unpaired) electrons. The molecular weight excluding hydrogens is 280 g/mol. The zero-order chi connectivity index (χ0) is 15.7. The number of ether oxygens (including phenoxy) is 2. The standard InChI is InChI=1S/C18H18O4/c1-3-4-12-5-8-16-17(9-12)22-18(11(2)21-16)14-7-6-13(19)10-15(14)20/h3-11,18-20H,1-2H3/b4-3+. The fraction of sp³-hybridized carbons (Fsp3) is 0.222. The summed E-state index contributed by atoms with van der Waals surface area (Å²) in [5.74, 6) is 1.34. The van der Waals surface area contributed by atoms with Gasteiger partial charge >= 0.3 is 0 Å². The van der Waals surface area contributed by atoms with Crippen molar-refractivity contribution in [2.24, 2.45) is 0 Å². The minimum absolute atomic E-state index is 0.00601. The second-order valence-corrected chi connectivity index (χ2v) is 5.31. The summed E-state index contributed by atoms with van der Waals surface area (Å²) in [5.41, 5.74) is 1.61. The monoisotopic (exact) mass is 298 g/mol. The van der Waals surface area contributed by atoms with Crippen molar-refractivity contribution in [2.45, 2.75) is 26.1 Å². The predicted molar refractivity (Wildman–Crippen MR) is 84.4 cm³/mol.